The average molecular weight is 246 g/mol. The van der Waals surface area contributed by atoms with E-state index in [0.717, 1.165) is 6.42 Å². The SMILES string of the molecule is CC(C)(C)CCC(NN)C1(c2ccccc2)CC1. The fourth-order valence-electron chi connectivity index (χ4n) is 2.84. The van der Waals surface area contributed by atoms with E-state index >= 15 is 0 Å². The van der Waals surface area contributed by atoms with Crippen LogP contribution in [0.5, 0.6) is 0 Å². The molecule has 0 bridgehead atoms. The van der Waals surface area contributed by atoms with Crippen molar-refractivity contribution in [3.05, 3.63) is 35.9 Å². The highest BCUT2D eigenvalue weighted by molar-refractivity contribution is 5.33. The van der Waals surface area contributed by atoms with Crippen LogP contribution >= 0.6 is 0 Å². The van der Waals surface area contributed by atoms with Gasteiger partial charge in [-0.3, -0.25) is 11.3 Å². The zero-order valence-electron chi connectivity index (χ0n) is 11.9. The number of hydrazine groups is 1. The molecule has 0 saturated heterocycles. The van der Waals surface area contributed by atoms with Crippen LogP contribution in [0.3, 0.4) is 0 Å². The summed E-state index contributed by atoms with van der Waals surface area (Å²) in [6, 6.07) is 11.2. The van der Waals surface area contributed by atoms with Crippen molar-refractivity contribution in [2.75, 3.05) is 0 Å². The Balaban J connectivity index is 2.08. The first-order valence-electron chi connectivity index (χ1n) is 7.00. The Morgan fingerprint density at radius 1 is 1.22 bits per heavy atom. The second-order valence-electron chi connectivity index (χ2n) is 6.84. The lowest BCUT2D eigenvalue weighted by Crippen LogP contribution is -2.44. The summed E-state index contributed by atoms with van der Waals surface area (Å²) in [5, 5.41) is 0. The number of benzene rings is 1. The minimum Gasteiger partial charge on any atom is -0.271 e. The molecule has 2 rings (SSSR count). The molecular weight excluding hydrogens is 220 g/mol. The van der Waals surface area contributed by atoms with Crippen LogP contribution in [0.25, 0.3) is 0 Å². The van der Waals surface area contributed by atoms with Crippen LogP contribution in [-0.4, -0.2) is 6.04 Å². The van der Waals surface area contributed by atoms with Crippen molar-refractivity contribution in [3.8, 4) is 0 Å². The molecule has 0 heterocycles. The fraction of sp³-hybridized carbons (Fsp3) is 0.625. The van der Waals surface area contributed by atoms with Crippen LogP contribution in [0.15, 0.2) is 30.3 Å². The maximum absolute atomic E-state index is 5.82. The number of hydrogen-bond acceptors (Lipinski definition) is 2. The van der Waals surface area contributed by atoms with Gasteiger partial charge < -0.3 is 0 Å². The standard InChI is InChI=1S/C16H26N2/c1-15(2,3)10-9-14(18-17)16(11-12-16)13-7-5-4-6-8-13/h4-8,14,18H,9-12,17H2,1-3H3. The van der Waals surface area contributed by atoms with Crippen molar-refractivity contribution in [3.63, 3.8) is 0 Å². The molecular formula is C16H26N2. The normalized spacial score (nSPS) is 19.6. The van der Waals surface area contributed by atoms with E-state index in [4.69, 9.17) is 5.84 Å². The van der Waals surface area contributed by atoms with Crippen LogP contribution in [0, 0.1) is 5.41 Å². The summed E-state index contributed by atoms with van der Waals surface area (Å²) in [5.41, 5.74) is 5.19. The molecule has 1 fully saturated rings. The van der Waals surface area contributed by atoms with Crippen molar-refractivity contribution < 1.29 is 0 Å². The van der Waals surface area contributed by atoms with Crippen LogP contribution in [-0.2, 0) is 5.41 Å². The first-order chi connectivity index (χ1) is 8.48. The predicted molar refractivity (Wildman–Crippen MR) is 77.2 cm³/mol. The molecule has 0 aromatic heterocycles. The first kappa shape index (κ1) is 13.6. The highest BCUT2D eigenvalue weighted by Crippen LogP contribution is 2.52. The number of rotatable bonds is 5. The summed E-state index contributed by atoms with van der Waals surface area (Å²) in [6.45, 7) is 6.88. The van der Waals surface area contributed by atoms with Gasteiger partial charge in [0.25, 0.3) is 0 Å². The van der Waals surface area contributed by atoms with Crippen LogP contribution in [0.2, 0.25) is 0 Å². The van der Waals surface area contributed by atoms with Crippen LogP contribution in [0.4, 0.5) is 0 Å². The Bertz CT molecular complexity index is 374. The molecule has 18 heavy (non-hydrogen) atoms. The highest BCUT2D eigenvalue weighted by Gasteiger charge is 2.50. The van der Waals surface area contributed by atoms with Crippen molar-refractivity contribution >= 4 is 0 Å². The largest absolute Gasteiger partial charge is 0.271 e. The van der Waals surface area contributed by atoms with Gasteiger partial charge in [-0.1, -0.05) is 51.1 Å². The Morgan fingerprint density at radius 2 is 1.83 bits per heavy atom. The lowest BCUT2D eigenvalue weighted by atomic mass is 9.81. The maximum Gasteiger partial charge on any atom is 0.0307 e. The number of hydrogen-bond donors (Lipinski definition) is 2. The highest BCUT2D eigenvalue weighted by atomic mass is 15.2. The van der Waals surface area contributed by atoms with Gasteiger partial charge in [0.2, 0.25) is 0 Å². The Kier molecular flexibility index (Phi) is 3.79. The van der Waals surface area contributed by atoms with Crippen molar-refractivity contribution in [1.29, 1.82) is 0 Å². The molecule has 1 aromatic carbocycles. The lowest BCUT2D eigenvalue weighted by Gasteiger charge is -2.29. The monoisotopic (exact) mass is 246 g/mol. The summed E-state index contributed by atoms with van der Waals surface area (Å²) >= 11 is 0. The fourth-order valence-corrected chi connectivity index (χ4v) is 2.84. The molecule has 3 N–H and O–H groups in total. The smallest absolute Gasteiger partial charge is 0.0307 e. The van der Waals surface area contributed by atoms with Gasteiger partial charge in [0.15, 0.2) is 0 Å². The van der Waals surface area contributed by atoms with E-state index in [-0.39, 0.29) is 0 Å². The summed E-state index contributed by atoms with van der Waals surface area (Å²) < 4.78 is 0. The Hall–Kier alpha value is -0.860. The quantitative estimate of drug-likeness (QED) is 0.617. The zero-order valence-corrected chi connectivity index (χ0v) is 11.9. The predicted octanol–water partition coefficient (Wildman–Crippen LogP) is 3.38. The summed E-state index contributed by atoms with van der Waals surface area (Å²) in [6.07, 6.45) is 4.87. The van der Waals surface area contributed by atoms with E-state index in [1.807, 2.05) is 0 Å². The van der Waals surface area contributed by atoms with Gasteiger partial charge in [0, 0.05) is 11.5 Å². The van der Waals surface area contributed by atoms with E-state index < -0.39 is 0 Å². The summed E-state index contributed by atoms with van der Waals surface area (Å²) in [7, 11) is 0. The van der Waals surface area contributed by atoms with E-state index in [9.17, 15) is 0 Å². The molecule has 1 aliphatic rings. The number of nitrogens with one attached hydrogen (secondary N) is 1. The minimum atomic E-state index is 0.293. The molecule has 1 atom stereocenters. The molecule has 100 valence electrons. The second kappa shape index (κ2) is 5.02. The summed E-state index contributed by atoms with van der Waals surface area (Å²) in [4.78, 5) is 0. The van der Waals surface area contributed by atoms with Gasteiger partial charge in [0.05, 0.1) is 0 Å². The van der Waals surface area contributed by atoms with E-state index in [1.165, 1.54) is 24.8 Å². The zero-order chi connectivity index (χ0) is 13.2. The topological polar surface area (TPSA) is 38.0 Å². The molecule has 1 unspecified atom stereocenters. The third-order valence-electron chi connectivity index (χ3n) is 4.19. The summed E-state index contributed by atoms with van der Waals surface area (Å²) in [5.74, 6) is 5.82. The third-order valence-corrected chi connectivity index (χ3v) is 4.19. The van der Waals surface area contributed by atoms with Crippen LogP contribution in [0.1, 0.15) is 52.0 Å². The Labute approximate surface area is 111 Å². The Morgan fingerprint density at radius 3 is 2.28 bits per heavy atom. The maximum atomic E-state index is 5.82. The van der Waals surface area contributed by atoms with Gasteiger partial charge in [0.1, 0.15) is 0 Å². The minimum absolute atomic E-state index is 0.293. The molecule has 1 aromatic rings. The average Bonchev–Trinajstić information content (AvgIpc) is 3.11. The molecule has 2 heteroatoms. The first-order valence-corrected chi connectivity index (χ1v) is 7.00. The van der Waals surface area contributed by atoms with Gasteiger partial charge in [-0.25, -0.2) is 0 Å². The lowest BCUT2D eigenvalue weighted by molar-refractivity contribution is 0.303. The second-order valence-corrected chi connectivity index (χ2v) is 6.84. The number of nitrogens with two attached hydrogens (primary N) is 1. The van der Waals surface area contributed by atoms with Crippen molar-refractivity contribution in [1.82, 2.24) is 5.43 Å². The van der Waals surface area contributed by atoms with Gasteiger partial charge in [-0.05, 0) is 36.7 Å². The van der Waals surface area contributed by atoms with Gasteiger partial charge in [-0.15, -0.1) is 0 Å². The molecule has 1 saturated carbocycles. The van der Waals surface area contributed by atoms with Crippen molar-refractivity contribution in [2.24, 2.45) is 11.3 Å². The molecule has 0 aliphatic heterocycles. The molecule has 1 aliphatic carbocycles. The molecule has 0 radical (unpaired) electrons. The van der Waals surface area contributed by atoms with E-state index in [1.54, 1.807) is 0 Å². The van der Waals surface area contributed by atoms with E-state index in [2.05, 4.69) is 56.5 Å². The van der Waals surface area contributed by atoms with Crippen molar-refractivity contribution in [2.45, 2.75) is 57.9 Å². The van der Waals surface area contributed by atoms with E-state index in [0.29, 0.717) is 16.9 Å². The van der Waals surface area contributed by atoms with Gasteiger partial charge in [-0.2, -0.15) is 0 Å². The van der Waals surface area contributed by atoms with Crippen LogP contribution < -0.4 is 11.3 Å². The van der Waals surface area contributed by atoms with Gasteiger partial charge >= 0.3 is 0 Å². The molecule has 0 spiro atoms. The molecule has 2 nitrogen and oxygen atoms in total. The third kappa shape index (κ3) is 2.93. The molecule has 0 amide bonds.